The standard InChI is InChI=1S/C14H10O3/c15-12-8-13(16)10-14(9-12)17-7-6-11-4-2-1-3-5-11/h1-5,8-10,15-16H. The number of benzene rings is 2. The van der Waals surface area contributed by atoms with Crippen LogP contribution >= 0.6 is 0 Å². The third-order valence-corrected chi connectivity index (χ3v) is 2.01. The first-order valence-corrected chi connectivity index (χ1v) is 5.00. The number of rotatable bonds is 1. The number of hydrogen-bond acceptors (Lipinski definition) is 3. The van der Waals surface area contributed by atoms with Crippen LogP contribution in [0, 0.1) is 12.0 Å². The van der Waals surface area contributed by atoms with Crippen molar-refractivity contribution in [3.05, 3.63) is 54.1 Å². The van der Waals surface area contributed by atoms with Gasteiger partial charge in [-0.15, -0.1) is 0 Å². The Bertz CT molecular complexity index is 545. The van der Waals surface area contributed by atoms with Gasteiger partial charge in [-0.25, -0.2) is 0 Å². The minimum Gasteiger partial charge on any atom is -0.508 e. The van der Waals surface area contributed by atoms with Crippen LogP contribution in [0.15, 0.2) is 48.5 Å². The third kappa shape index (κ3) is 3.18. The minimum absolute atomic E-state index is 0.0680. The molecule has 3 nitrogen and oxygen atoms in total. The lowest BCUT2D eigenvalue weighted by atomic mass is 10.2. The summed E-state index contributed by atoms with van der Waals surface area (Å²) in [6, 6.07) is 13.3. The van der Waals surface area contributed by atoms with Crippen LogP contribution in [-0.2, 0) is 0 Å². The zero-order valence-corrected chi connectivity index (χ0v) is 8.92. The molecule has 0 spiro atoms. The molecule has 0 saturated carbocycles. The van der Waals surface area contributed by atoms with Crippen LogP contribution in [0.4, 0.5) is 0 Å². The van der Waals surface area contributed by atoms with Crippen molar-refractivity contribution in [2.24, 2.45) is 0 Å². The average molecular weight is 226 g/mol. The van der Waals surface area contributed by atoms with E-state index in [1.54, 1.807) is 0 Å². The summed E-state index contributed by atoms with van der Waals surface area (Å²) in [7, 11) is 0. The fourth-order valence-corrected chi connectivity index (χ4v) is 1.29. The van der Waals surface area contributed by atoms with Crippen molar-refractivity contribution in [1.82, 2.24) is 0 Å². The van der Waals surface area contributed by atoms with Crippen LogP contribution < -0.4 is 4.74 Å². The molecular formula is C14H10O3. The van der Waals surface area contributed by atoms with E-state index in [-0.39, 0.29) is 11.5 Å². The largest absolute Gasteiger partial charge is 0.508 e. The summed E-state index contributed by atoms with van der Waals surface area (Å²) in [5.74, 6) is 2.96. The van der Waals surface area contributed by atoms with Gasteiger partial charge in [0.2, 0.25) is 0 Å². The maximum Gasteiger partial charge on any atom is 0.147 e. The second kappa shape index (κ2) is 4.95. The molecule has 17 heavy (non-hydrogen) atoms. The molecule has 0 saturated heterocycles. The second-order valence-corrected chi connectivity index (χ2v) is 3.38. The van der Waals surface area contributed by atoms with Crippen molar-refractivity contribution in [1.29, 1.82) is 0 Å². The van der Waals surface area contributed by atoms with Crippen LogP contribution in [0.3, 0.4) is 0 Å². The highest BCUT2D eigenvalue weighted by atomic mass is 16.5. The highest BCUT2D eigenvalue weighted by Gasteiger charge is 1.98. The zero-order valence-electron chi connectivity index (χ0n) is 8.92. The van der Waals surface area contributed by atoms with E-state index in [0.29, 0.717) is 5.75 Å². The van der Waals surface area contributed by atoms with Crippen LogP contribution in [-0.4, -0.2) is 10.2 Å². The van der Waals surface area contributed by atoms with E-state index in [1.165, 1.54) is 18.2 Å². The predicted molar refractivity (Wildman–Crippen MR) is 63.7 cm³/mol. The number of phenolic OH excluding ortho intramolecular Hbond substituents is 2. The van der Waals surface area contributed by atoms with Gasteiger partial charge in [0.05, 0.1) is 0 Å². The maximum absolute atomic E-state index is 9.22. The van der Waals surface area contributed by atoms with Gasteiger partial charge in [-0.2, -0.15) is 0 Å². The first-order chi connectivity index (χ1) is 8.24. The number of hydrogen-bond donors (Lipinski definition) is 2. The number of phenols is 2. The molecule has 0 bridgehead atoms. The van der Waals surface area contributed by atoms with E-state index >= 15 is 0 Å². The molecule has 0 heterocycles. The Hall–Kier alpha value is -2.60. The summed E-state index contributed by atoms with van der Waals surface area (Å²) in [6.07, 6.45) is 2.50. The predicted octanol–water partition coefficient (Wildman–Crippen LogP) is 2.49. The van der Waals surface area contributed by atoms with Gasteiger partial charge in [-0.05, 0) is 18.1 Å². The van der Waals surface area contributed by atoms with E-state index in [0.717, 1.165) is 5.56 Å². The van der Waals surface area contributed by atoms with Gasteiger partial charge in [0, 0.05) is 23.8 Å². The van der Waals surface area contributed by atoms with Gasteiger partial charge in [0.25, 0.3) is 0 Å². The number of ether oxygens (including phenoxy) is 1. The van der Waals surface area contributed by atoms with E-state index in [4.69, 9.17) is 4.74 Å². The molecule has 0 amide bonds. The quantitative estimate of drug-likeness (QED) is 0.734. The van der Waals surface area contributed by atoms with Gasteiger partial charge in [0.1, 0.15) is 23.4 Å². The summed E-state index contributed by atoms with van der Waals surface area (Å²) >= 11 is 0. The maximum atomic E-state index is 9.22. The van der Waals surface area contributed by atoms with Crippen molar-refractivity contribution in [3.63, 3.8) is 0 Å². The van der Waals surface area contributed by atoms with Gasteiger partial charge < -0.3 is 14.9 Å². The molecule has 0 aliphatic carbocycles. The monoisotopic (exact) mass is 226 g/mol. The molecule has 3 heteroatoms. The summed E-state index contributed by atoms with van der Waals surface area (Å²) in [5.41, 5.74) is 0.830. The Kier molecular flexibility index (Phi) is 3.18. The summed E-state index contributed by atoms with van der Waals surface area (Å²) in [6.45, 7) is 0. The lowest BCUT2D eigenvalue weighted by molar-refractivity contribution is 0.438. The third-order valence-electron chi connectivity index (χ3n) is 2.01. The van der Waals surface area contributed by atoms with E-state index in [2.05, 4.69) is 12.0 Å². The molecule has 0 atom stereocenters. The molecule has 2 aromatic carbocycles. The SMILES string of the molecule is Oc1cc(O)cc(OC#Cc2ccccc2)c1. The smallest absolute Gasteiger partial charge is 0.147 e. The van der Waals surface area contributed by atoms with Gasteiger partial charge >= 0.3 is 0 Å². The summed E-state index contributed by atoms with van der Waals surface area (Å²) < 4.78 is 5.09. The van der Waals surface area contributed by atoms with Gasteiger partial charge in [0.15, 0.2) is 0 Å². The molecule has 0 aliphatic rings. The Labute approximate surface area is 98.9 Å². The van der Waals surface area contributed by atoms with Crippen molar-refractivity contribution in [3.8, 4) is 29.3 Å². The van der Waals surface area contributed by atoms with Crippen LogP contribution in [0.1, 0.15) is 5.56 Å². The lowest BCUT2D eigenvalue weighted by Crippen LogP contribution is -1.83. The van der Waals surface area contributed by atoms with Crippen molar-refractivity contribution in [2.45, 2.75) is 0 Å². The van der Waals surface area contributed by atoms with Crippen molar-refractivity contribution in [2.75, 3.05) is 0 Å². The van der Waals surface area contributed by atoms with E-state index in [1.807, 2.05) is 30.3 Å². The summed E-state index contributed by atoms with van der Waals surface area (Å²) in [4.78, 5) is 0. The fraction of sp³-hybridized carbons (Fsp3) is 0. The van der Waals surface area contributed by atoms with E-state index < -0.39 is 0 Å². The Morgan fingerprint density at radius 1 is 0.882 bits per heavy atom. The molecular weight excluding hydrogens is 216 g/mol. The molecule has 0 aromatic heterocycles. The molecule has 0 aliphatic heterocycles. The Morgan fingerprint density at radius 3 is 2.18 bits per heavy atom. The van der Waals surface area contributed by atoms with E-state index in [9.17, 15) is 10.2 Å². The molecule has 0 fully saturated rings. The molecule has 84 valence electrons. The first-order valence-electron chi connectivity index (χ1n) is 5.00. The number of aromatic hydroxyl groups is 2. The van der Waals surface area contributed by atoms with Crippen LogP contribution in [0.25, 0.3) is 0 Å². The zero-order chi connectivity index (χ0) is 12.1. The van der Waals surface area contributed by atoms with Crippen LogP contribution in [0.2, 0.25) is 0 Å². The average Bonchev–Trinajstić information content (AvgIpc) is 2.29. The second-order valence-electron chi connectivity index (χ2n) is 3.38. The molecule has 2 rings (SSSR count). The molecule has 2 N–H and O–H groups in total. The molecule has 0 unspecified atom stereocenters. The summed E-state index contributed by atoms with van der Waals surface area (Å²) in [5, 5.41) is 18.4. The highest BCUT2D eigenvalue weighted by Crippen LogP contribution is 2.25. The van der Waals surface area contributed by atoms with Crippen molar-refractivity contribution >= 4 is 0 Å². The highest BCUT2D eigenvalue weighted by molar-refractivity contribution is 5.41. The first kappa shape index (κ1) is 10.9. The topological polar surface area (TPSA) is 49.7 Å². The minimum atomic E-state index is -0.0680. The van der Waals surface area contributed by atoms with Gasteiger partial charge in [-0.1, -0.05) is 18.2 Å². The van der Waals surface area contributed by atoms with Gasteiger partial charge in [-0.3, -0.25) is 0 Å². The Morgan fingerprint density at radius 2 is 1.53 bits per heavy atom. The Balaban J connectivity index is 2.10. The fourth-order valence-electron chi connectivity index (χ4n) is 1.29. The lowest BCUT2D eigenvalue weighted by Gasteiger charge is -1.99. The van der Waals surface area contributed by atoms with Crippen molar-refractivity contribution < 1.29 is 14.9 Å². The van der Waals surface area contributed by atoms with Crippen LogP contribution in [0.5, 0.6) is 17.2 Å². The normalized spacial score (nSPS) is 9.18. The molecule has 0 radical (unpaired) electrons. The molecule has 2 aromatic rings.